The summed E-state index contributed by atoms with van der Waals surface area (Å²) < 4.78 is 13.8. The van der Waals surface area contributed by atoms with Crippen molar-refractivity contribution in [3.63, 3.8) is 0 Å². The highest BCUT2D eigenvalue weighted by Crippen LogP contribution is 2.18. The van der Waals surface area contributed by atoms with Crippen molar-refractivity contribution < 1.29 is 9.47 Å². The van der Waals surface area contributed by atoms with Crippen molar-refractivity contribution in [1.29, 1.82) is 0 Å². The van der Waals surface area contributed by atoms with Crippen molar-refractivity contribution in [3.05, 3.63) is 48.3 Å². The topological polar surface area (TPSA) is 63.9 Å². The minimum Gasteiger partial charge on any atom is -0.376 e. The average Bonchev–Trinajstić information content (AvgIpc) is 3.31. The molecule has 0 bridgehead atoms. The summed E-state index contributed by atoms with van der Waals surface area (Å²) in [5.74, 6) is 0.976. The number of aromatic nitrogens is 2. The van der Waals surface area contributed by atoms with E-state index in [1.54, 1.807) is 0 Å². The second-order valence-electron chi connectivity index (χ2n) is 8.36. The molecular weight excluding hydrogens is 517 g/mol. The molecule has 4 rings (SSSR count). The SMILES string of the molecule is CN=C(NCCc1cnn(-c2ccccc2)c1)N1CCC(OCC2CCCCO2)CC1.I. The summed E-state index contributed by atoms with van der Waals surface area (Å²) in [5, 5.41) is 7.99. The van der Waals surface area contributed by atoms with Gasteiger partial charge in [-0.3, -0.25) is 4.99 Å². The molecule has 7 nitrogen and oxygen atoms in total. The molecule has 2 saturated heterocycles. The van der Waals surface area contributed by atoms with Crippen LogP contribution in [0.2, 0.25) is 0 Å². The van der Waals surface area contributed by atoms with Crippen molar-refractivity contribution >= 4 is 29.9 Å². The molecule has 1 atom stereocenters. The van der Waals surface area contributed by atoms with Crippen LogP contribution in [0, 0.1) is 0 Å². The molecule has 2 aliphatic rings. The van der Waals surface area contributed by atoms with Crippen LogP contribution in [0.15, 0.2) is 47.7 Å². The smallest absolute Gasteiger partial charge is 0.193 e. The molecule has 1 N–H and O–H groups in total. The fraction of sp³-hybridized carbons (Fsp3) is 0.583. The van der Waals surface area contributed by atoms with Crippen LogP contribution in [0.5, 0.6) is 0 Å². The van der Waals surface area contributed by atoms with Gasteiger partial charge in [-0.05, 0) is 56.2 Å². The standard InChI is InChI=1S/C24H35N5O2.HI/c1-25-24(26-13-10-20-17-27-29(18-20)21-7-3-2-4-8-21)28-14-11-22(12-15-28)31-19-23-9-5-6-16-30-23;/h2-4,7-8,17-18,22-23H,5-6,9-16,19H2,1H3,(H,25,26);1H. The number of guanidine groups is 1. The fourth-order valence-corrected chi connectivity index (χ4v) is 4.28. The zero-order chi connectivity index (χ0) is 21.3. The first kappa shape index (κ1) is 25.0. The lowest BCUT2D eigenvalue weighted by atomic mass is 10.1. The van der Waals surface area contributed by atoms with Crippen molar-refractivity contribution in [2.75, 3.05) is 39.9 Å². The van der Waals surface area contributed by atoms with E-state index in [0.717, 1.165) is 70.2 Å². The maximum atomic E-state index is 6.14. The second kappa shape index (κ2) is 13.2. The highest BCUT2D eigenvalue weighted by Gasteiger charge is 2.23. The van der Waals surface area contributed by atoms with Gasteiger partial charge in [0.05, 0.1) is 30.7 Å². The predicted octanol–water partition coefficient (Wildman–Crippen LogP) is 3.66. The van der Waals surface area contributed by atoms with Crippen LogP contribution in [-0.2, 0) is 15.9 Å². The number of benzene rings is 1. The number of nitrogens with one attached hydrogen (secondary N) is 1. The third kappa shape index (κ3) is 7.18. The van der Waals surface area contributed by atoms with Gasteiger partial charge in [0, 0.05) is 39.5 Å². The van der Waals surface area contributed by atoms with E-state index in [-0.39, 0.29) is 24.0 Å². The molecule has 0 spiro atoms. The average molecular weight is 553 g/mol. The number of aliphatic imine (C=N–C) groups is 1. The van der Waals surface area contributed by atoms with Crippen LogP contribution < -0.4 is 5.32 Å². The molecule has 32 heavy (non-hydrogen) atoms. The number of piperidine rings is 1. The van der Waals surface area contributed by atoms with E-state index in [2.05, 4.69) is 38.6 Å². The molecule has 3 heterocycles. The number of halogens is 1. The first-order chi connectivity index (χ1) is 15.3. The van der Waals surface area contributed by atoms with Crippen LogP contribution >= 0.6 is 24.0 Å². The van der Waals surface area contributed by atoms with Gasteiger partial charge in [-0.2, -0.15) is 5.10 Å². The Morgan fingerprint density at radius 1 is 1.19 bits per heavy atom. The Kier molecular flexibility index (Phi) is 10.3. The van der Waals surface area contributed by atoms with Crippen molar-refractivity contribution in [2.45, 2.75) is 50.7 Å². The van der Waals surface area contributed by atoms with E-state index in [1.165, 1.54) is 18.4 Å². The van der Waals surface area contributed by atoms with Crippen molar-refractivity contribution in [1.82, 2.24) is 20.0 Å². The molecule has 8 heteroatoms. The third-order valence-electron chi connectivity index (χ3n) is 6.10. The fourth-order valence-electron chi connectivity index (χ4n) is 4.28. The minimum absolute atomic E-state index is 0. The number of likely N-dealkylation sites (tertiary alicyclic amines) is 1. The first-order valence-electron chi connectivity index (χ1n) is 11.6. The first-order valence-corrected chi connectivity index (χ1v) is 11.6. The van der Waals surface area contributed by atoms with E-state index in [4.69, 9.17) is 9.47 Å². The van der Waals surface area contributed by atoms with E-state index in [0.29, 0.717) is 12.2 Å². The highest BCUT2D eigenvalue weighted by atomic mass is 127. The molecule has 2 fully saturated rings. The van der Waals surface area contributed by atoms with E-state index in [1.807, 2.05) is 36.1 Å². The van der Waals surface area contributed by atoms with Gasteiger partial charge in [0.15, 0.2) is 5.96 Å². The molecule has 176 valence electrons. The van der Waals surface area contributed by atoms with Crippen molar-refractivity contribution in [3.8, 4) is 5.69 Å². The Labute approximate surface area is 208 Å². The zero-order valence-corrected chi connectivity index (χ0v) is 21.3. The summed E-state index contributed by atoms with van der Waals surface area (Å²) in [4.78, 5) is 6.83. The normalized spacial score (nSPS) is 20.1. The second-order valence-corrected chi connectivity index (χ2v) is 8.36. The van der Waals surface area contributed by atoms with Crippen LogP contribution in [0.1, 0.15) is 37.7 Å². The minimum atomic E-state index is 0. The van der Waals surface area contributed by atoms with Gasteiger partial charge in [-0.1, -0.05) is 18.2 Å². The maximum absolute atomic E-state index is 6.14. The Morgan fingerprint density at radius 2 is 2.00 bits per heavy atom. The lowest BCUT2D eigenvalue weighted by Crippen LogP contribution is -2.47. The quantitative estimate of drug-likeness (QED) is 0.322. The molecule has 1 aromatic heterocycles. The molecule has 2 aromatic rings. The lowest BCUT2D eigenvalue weighted by Gasteiger charge is -2.35. The molecular formula is C24H36IN5O2. The van der Waals surface area contributed by atoms with Gasteiger partial charge in [0.1, 0.15) is 0 Å². The number of para-hydroxylation sites is 1. The summed E-state index contributed by atoms with van der Waals surface area (Å²) >= 11 is 0. The number of ether oxygens (including phenoxy) is 2. The summed E-state index contributed by atoms with van der Waals surface area (Å²) in [6.07, 6.45) is 11.3. The largest absolute Gasteiger partial charge is 0.376 e. The lowest BCUT2D eigenvalue weighted by molar-refractivity contribution is -0.0721. The van der Waals surface area contributed by atoms with Crippen LogP contribution in [0.25, 0.3) is 5.69 Å². The Hall–Kier alpha value is -1.65. The molecule has 0 saturated carbocycles. The van der Waals surface area contributed by atoms with Gasteiger partial charge in [0.2, 0.25) is 0 Å². The van der Waals surface area contributed by atoms with Crippen molar-refractivity contribution in [2.24, 2.45) is 4.99 Å². The Morgan fingerprint density at radius 3 is 2.72 bits per heavy atom. The number of hydrogen-bond acceptors (Lipinski definition) is 4. The molecule has 0 amide bonds. The summed E-state index contributed by atoms with van der Waals surface area (Å²) in [6.45, 7) is 4.42. The van der Waals surface area contributed by atoms with Gasteiger partial charge in [0.25, 0.3) is 0 Å². The summed E-state index contributed by atoms with van der Waals surface area (Å²) in [7, 11) is 1.86. The number of rotatable bonds is 7. The molecule has 0 radical (unpaired) electrons. The molecule has 1 aromatic carbocycles. The highest BCUT2D eigenvalue weighted by molar-refractivity contribution is 14.0. The van der Waals surface area contributed by atoms with Crippen LogP contribution in [0.4, 0.5) is 0 Å². The Bertz CT molecular complexity index is 815. The van der Waals surface area contributed by atoms with Crippen LogP contribution in [-0.4, -0.2) is 72.7 Å². The molecule has 0 aliphatic carbocycles. The number of hydrogen-bond donors (Lipinski definition) is 1. The van der Waals surface area contributed by atoms with Gasteiger partial charge < -0.3 is 19.7 Å². The summed E-state index contributed by atoms with van der Waals surface area (Å²) in [6, 6.07) is 10.2. The molecule has 2 aliphatic heterocycles. The van der Waals surface area contributed by atoms with Gasteiger partial charge in [-0.15, -0.1) is 24.0 Å². The van der Waals surface area contributed by atoms with E-state index in [9.17, 15) is 0 Å². The Balaban J connectivity index is 0.00000289. The summed E-state index contributed by atoms with van der Waals surface area (Å²) in [5.41, 5.74) is 2.29. The van der Waals surface area contributed by atoms with Crippen LogP contribution in [0.3, 0.4) is 0 Å². The third-order valence-corrected chi connectivity index (χ3v) is 6.10. The maximum Gasteiger partial charge on any atom is 0.193 e. The predicted molar refractivity (Wildman–Crippen MR) is 138 cm³/mol. The van der Waals surface area contributed by atoms with E-state index >= 15 is 0 Å². The molecule has 1 unspecified atom stereocenters. The van der Waals surface area contributed by atoms with E-state index < -0.39 is 0 Å². The van der Waals surface area contributed by atoms with Gasteiger partial charge >= 0.3 is 0 Å². The monoisotopic (exact) mass is 553 g/mol. The van der Waals surface area contributed by atoms with Gasteiger partial charge in [-0.25, -0.2) is 4.68 Å². The zero-order valence-electron chi connectivity index (χ0n) is 19.0. The number of nitrogens with zero attached hydrogens (tertiary/aromatic N) is 4.